The second-order valence-electron chi connectivity index (χ2n) is 6.45. The monoisotopic (exact) mass is 252 g/mol. The molecule has 19 heavy (non-hydrogen) atoms. The van der Waals surface area contributed by atoms with Crippen molar-refractivity contribution in [2.75, 3.05) is 0 Å². The maximum atomic E-state index is 12.3. The van der Waals surface area contributed by atoms with E-state index in [0.29, 0.717) is 11.2 Å². The predicted molar refractivity (Wildman–Crippen MR) is 76.5 cm³/mol. The minimum Gasteiger partial charge on any atom is -0.294 e. The number of fused-ring (bicyclic) bond motifs is 5. The van der Waals surface area contributed by atoms with Gasteiger partial charge in [-0.3, -0.25) is 4.79 Å². The Bertz CT molecular complexity index is 596. The van der Waals surface area contributed by atoms with Crippen LogP contribution in [0.1, 0.15) is 60.5 Å². The van der Waals surface area contributed by atoms with E-state index in [0.717, 1.165) is 30.7 Å². The van der Waals surface area contributed by atoms with Gasteiger partial charge in [0.1, 0.15) is 0 Å². The maximum Gasteiger partial charge on any atom is 0.163 e. The fourth-order valence-corrected chi connectivity index (χ4v) is 4.80. The third-order valence-electron chi connectivity index (χ3n) is 5.65. The van der Waals surface area contributed by atoms with Gasteiger partial charge in [0.2, 0.25) is 0 Å². The van der Waals surface area contributed by atoms with E-state index in [1.54, 1.807) is 5.57 Å². The van der Waals surface area contributed by atoms with E-state index in [-0.39, 0.29) is 0 Å². The van der Waals surface area contributed by atoms with Gasteiger partial charge in [-0.05, 0) is 49.1 Å². The van der Waals surface area contributed by atoms with Crippen molar-refractivity contribution in [2.45, 2.75) is 50.9 Å². The van der Waals surface area contributed by atoms with Crippen molar-refractivity contribution in [3.05, 3.63) is 46.5 Å². The smallest absolute Gasteiger partial charge is 0.163 e. The van der Waals surface area contributed by atoms with E-state index >= 15 is 0 Å². The summed E-state index contributed by atoms with van der Waals surface area (Å²) >= 11 is 0. The van der Waals surface area contributed by atoms with Crippen LogP contribution in [0.3, 0.4) is 0 Å². The average Bonchev–Trinajstić information content (AvgIpc) is 3.04. The molecule has 3 aliphatic rings. The van der Waals surface area contributed by atoms with Gasteiger partial charge < -0.3 is 0 Å². The van der Waals surface area contributed by atoms with Gasteiger partial charge in [0.05, 0.1) is 0 Å². The molecule has 0 saturated heterocycles. The molecular formula is C18H20O. The maximum absolute atomic E-state index is 12.3. The molecule has 2 bridgehead atoms. The third-order valence-corrected chi connectivity index (χ3v) is 5.65. The van der Waals surface area contributed by atoms with E-state index in [2.05, 4.69) is 31.2 Å². The number of Topliss-reactive ketones (excluding diaryl/α,β-unsaturated/α-hetero) is 1. The number of carbonyl (C=O) groups excluding carboxylic acids is 1. The van der Waals surface area contributed by atoms with Crippen molar-refractivity contribution in [3.63, 3.8) is 0 Å². The minimum absolute atomic E-state index is 0.305. The van der Waals surface area contributed by atoms with Gasteiger partial charge in [0.25, 0.3) is 0 Å². The second kappa shape index (κ2) is 3.82. The molecule has 3 aliphatic carbocycles. The average molecular weight is 252 g/mol. The summed E-state index contributed by atoms with van der Waals surface area (Å²) in [7, 11) is 0. The summed E-state index contributed by atoms with van der Waals surface area (Å²) in [6.07, 6.45) is 9.06. The fourth-order valence-electron chi connectivity index (χ4n) is 4.80. The Balaban J connectivity index is 1.96. The van der Waals surface area contributed by atoms with E-state index in [1.165, 1.54) is 30.4 Å². The number of rotatable bonds is 1. The summed E-state index contributed by atoms with van der Waals surface area (Å²) < 4.78 is 0. The molecule has 1 heteroatoms. The van der Waals surface area contributed by atoms with E-state index in [4.69, 9.17) is 0 Å². The summed E-state index contributed by atoms with van der Waals surface area (Å²) in [6, 6.07) is 6.37. The molecule has 1 aromatic carbocycles. The van der Waals surface area contributed by atoms with Crippen LogP contribution in [-0.4, -0.2) is 5.78 Å². The highest BCUT2D eigenvalue weighted by molar-refractivity contribution is 5.99. The predicted octanol–water partition coefficient (Wildman–Crippen LogP) is 4.20. The number of allylic oxidation sites excluding steroid dienone is 2. The van der Waals surface area contributed by atoms with Gasteiger partial charge in [0.15, 0.2) is 5.78 Å². The number of carbonyl (C=O) groups is 1. The molecule has 1 nitrogen and oxygen atoms in total. The van der Waals surface area contributed by atoms with Gasteiger partial charge in [-0.2, -0.15) is 0 Å². The van der Waals surface area contributed by atoms with E-state index in [9.17, 15) is 4.79 Å². The van der Waals surface area contributed by atoms with Crippen LogP contribution < -0.4 is 0 Å². The van der Waals surface area contributed by atoms with Crippen molar-refractivity contribution in [1.82, 2.24) is 0 Å². The quantitative estimate of drug-likeness (QED) is 0.684. The molecule has 0 amide bonds. The number of aryl methyl sites for hydroxylation is 1. The molecule has 1 saturated carbocycles. The van der Waals surface area contributed by atoms with E-state index < -0.39 is 0 Å². The Kier molecular flexibility index (Phi) is 2.30. The number of ketones is 1. The highest BCUT2D eigenvalue weighted by Gasteiger charge is 2.51. The van der Waals surface area contributed by atoms with Crippen molar-refractivity contribution < 1.29 is 4.79 Å². The molecule has 1 fully saturated rings. The van der Waals surface area contributed by atoms with Crippen LogP contribution >= 0.6 is 0 Å². The van der Waals surface area contributed by atoms with Gasteiger partial charge in [0, 0.05) is 17.4 Å². The van der Waals surface area contributed by atoms with Crippen molar-refractivity contribution in [3.8, 4) is 0 Å². The normalized spacial score (nSPS) is 31.7. The molecule has 1 aromatic rings. The van der Waals surface area contributed by atoms with Crippen LogP contribution in [0.5, 0.6) is 0 Å². The lowest BCUT2D eigenvalue weighted by Crippen LogP contribution is -2.38. The first-order valence-electron chi connectivity index (χ1n) is 7.58. The SMILES string of the molecule is CCc1cccc2c1C1(CCC2=O)CC2=CCC1C2. The summed E-state index contributed by atoms with van der Waals surface area (Å²) in [5.41, 5.74) is 5.84. The zero-order valence-electron chi connectivity index (χ0n) is 11.5. The van der Waals surface area contributed by atoms with Crippen LogP contribution in [0.4, 0.5) is 0 Å². The molecule has 2 atom stereocenters. The molecule has 4 rings (SSSR count). The van der Waals surface area contributed by atoms with Crippen LogP contribution in [0.2, 0.25) is 0 Å². The molecule has 0 radical (unpaired) electrons. The van der Waals surface area contributed by atoms with Crippen molar-refractivity contribution in [1.29, 1.82) is 0 Å². The van der Waals surface area contributed by atoms with Gasteiger partial charge in [-0.25, -0.2) is 0 Å². The zero-order valence-corrected chi connectivity index (χ0v) is 11.5. The lowest BCUT2D eigenvalue weighted by atomic mass is 9.61. The third kappa shape index (κ3) is 1.39. The highest BCUT2D eigenvalue weighted by Crippen LogP contribution is 2.59. The van der Waals surface area contributed by atoms with Gasteiger partial charge in [-0.15, -0.1) is 0 Å². The summed E-state index contributed by atoms with van der Waals surface area (Å²) in [5.74, 6) is 1.13. The number of benzene rings is 1. The lowest BCUT2D eigenvalue weighted by molar-refractivity contribution is 0.0939. The van der Waals surface area contributed by atoms with Crippen molar-refractivity contribution >= 4 is 5.78 Å². The first kappa shape index (κ1) is 11.5. The largest absolute Gasteiger partial charge is 0.294 e. The lowest BCUT2D eigenvalue weighted by Gasteiger charge is -2.42. The number of hydrogen-bond acceptors (Lipinski definition) is 1. The van der Waals surface area contributed by atoms with Crippen LogP contribution in [-0.2, 0) is 11.8 Å². The Morgan fingerprint density at radius 2 is 2.26 bits per heavy atom. The second-order valence-corrected chi connectivity index (χ2v) is 6.45. The zero-order chi connectivity index (χ0) is 13.0. The summed E-state index contributed by atoms with van der Waals surface area (Å²) in [6.45, 7) is 2.22. The minimum atomic E-state index is 0.305. The van der Waals surface area contributed by atoms with Crippen molar-refractivity contribution in [2.24, 2.45) is 5.92 Å². The number of hydrogen-bond donors (Lipinski definition) is 0. The Labute approximate surface area is 114 Å². The molecule has 0 heterocycles. The fraction of sp³-hybridized carbons (Fsp3) is 0.500. The molecule has 0 aromatic heterocycles. The molecule has 0 aliphatic heterocycles. The molecule has 0 N–H and O–H groups in total. The van der Waals surface area contributed by atoms with E-state index in [1.807, 2.05) is 0 Å². The Hall–Kier alpha value is -1.37. The first-order valence-corrected chi connectivity index (χ1v) is 7.58. The molecule has 1 spiro atoms. The molecule has 98 valence electrons. The van der Waals surface area contributed by atoms with Crippen LogP contribution in [0.15, 0.2) is 29.8 Å². The summed E-state index contributed by atoms with van der Waals surface area (Å²) in [5, 5.41) is 0. The molecule has 2 unspecified atom stereocenters. The van der Waals surface area contributed by atoms with Gasteiger partial charge in [-0.1, -0.05) is 36.8 Å². The van der Waals surface area contributed by atoms with Crippen LogP contribution in [0, 0.1) is 5.92 Å². The first-order chi connectivity index (χ1) is 9.24. The Morgan fingerprint density at radius 1 is 1.37 bits per heavy atom. The Morgan fingerprint density at radius 3 is 2.95 bits per heavy atom. The summed E-state index contributed by atoms with van der Waals surface area (Å²) in [4.78, 5) is 12.3. The topological polar surface area (TPSA) is 17.1 Å². The van der Waals surface area contributed by atoms with Crippen LogP contribution in [0.25, 0.3) is 0 Å². The van der Waals surface area contributed by atoms with Gasteiger partial charge >= 0.3 is 0 Å². The standard InChI is InChI=1S/C18H20O/c1-2-13-4-3-5-15-16(19)8-9-18(17(13)15)11-12-6-7-14(18)10-12/h3-6,14H,2,7-11H2,1H3. The highest BCUT2D eigenvalue weighted by atomic mass is 16.1. The molecular weight excluding hydrogens is 232 g/mol.